The number of carboxylic acid groups (broad SMARTS) is 1. The molecule has 0 aromatic carbocycles. The highest BCUT2D eigenvalue weighted by Crippen LogP contribution is 2.19. The number of hydrogen-bond donors (Lipinski definition) is 3. The number of carbonyl (C=O) groups excluding carboxylic acids is 1. The predicted octanol–water partition coefficient (Wildman–Crippen LogP) is 0.294. The minimum Gasteiger partial charge on any atom is -0.479 e. The van der Waals surface area contributed by atoms with E-state index in [2.05, 4.69) is 11.4 Å². The third kappa shape index (κ3) is 4.44. The maximum atomic E-state index is 11.4. The number of aliphatic hydroxyl groups is 1. The average Bonchev–Trinajstić information content (AvgIpc) is 2.70. The van der Waals surface area contributed by atoms with Gasteiger partial charge in [-0.3, -0.25) is 4.79 Å². The Labute approximate surface area is 94.2 Å². The van der Waals surface area contributed by atoms with E-state index in [1.807, 2.05) is 6.08 Å². The number of nitrogens with one attached hydrogen (secondary N) is 1. The second kappa shape index (κ2) is 6.27. The highest BCUT2D eigenvalue weighted by atomic mass is 16.4. The van der Waals surface area contributed by atoms with Gasteiger partial charge in [0.15, 0.2) is 6.10 Å². The van der Waals surface area contributed by atoms with Crippen LogP contribution in [0, 0.1) is 5.92 Å². The molecule has 90 valence electrons. The average molecular weight is 227 g/mol. The Morgan fingerprint density at radius 1 is 1.50 bits per heavy atom. The first-order valence-electron chi connectivity index (χ1n) is 5.44. The molecule has 1 rings (SSSR count). The Balaban J connectivity index is 2.10. The topological polar surface area (TPSA) is 86.6 Å². The van der Waals surface area contributed by atoms with E-state index in [0.717, 1.165) is 12.8 Å². The molecule has 1 amide bonds. The minimum atomic E-state index is -1.40. The van der Waals surface area contributed by atoms with Crippen molar-refractivity contribution < 1.29 is 19.8 Å². The van der Waals surface area contributed by atoms with Crippen molar-refractivity contribution >= 4 is 11.9 Å². The molecule has 1 aliphatic rings. The highest BCUT2D eigenvalue weighted by molar-refractivity contribution is 5.76. The summed E-state index contributed by atoms with van der Waals surface area (Å²) in [5.74, 6) is -1.04. The Bertz CT molecular complexity index is 288. The lowest BCUT2D eigenvalue weighted by molar-refractivity contribution is -0.147. The summed E-state index contributed by atoms with van der Waals surface area (Å²) in [6.07, 6.45) is 5.21. The zero-order valence-electron chi connectivity index (χ0n) is 9.06. The van der Waals surface area contributed by atoms with Crippen LogP contribution in [0.1, 0.15) is 25.7 Å². The number of rotatable bonds is 6. The van der Waals surface area contributed by atoms with Crippen molar-refractivity contribution in [3.8, 4) is 0 Å². The van der Waals surface area contributed by atoms with Crippen LogP contribution in [0.25, 0.3) is 0 Å². The summed E-state index contributed by atoms with van der Waals surface area (Å²) in [4.78, 5) is 21.7. The van der Waals surface area contributed by atoms with Crippen molar-refractivity contribution in [1.29, 1.82) is 0 Å². The van der Waals surface area contributed by atoms with Gasteiger partial charge in [-0.25, -0.2) is 4.79 Å². The third-order valence-corrected chi connectivity index (χ3v) is 2.58. The van der Waals surface area contributed by atoms with Gasteiger partial charge in [0.25, 0.3) is 0 Å². The van der Waals surface area contributed by atoms with Crippen LogP contribution in [0.5, 0.6) is 0 Å². The molecule has 1 unspecified atom stereocenters. The lowest BCUT2D eigenvalue weighted by Crippen LogP contribution is -2.30. The molecule has 0 aromatic heterocycles. The second-order valence-electron chi connectivity index (χ2n) is 3.96. The van der Waals surface area contributed by atoms with Crippen LogP contribution in [0.3, 0.4) is 0 Å². The summed E-state index contributed by atoms with van der Waals surface area (Å²) in [5.41, 5.74) is 0. The molecule has 0 saturated carbocycles. The van der Waals surface area contributed by atoms with Crippen LogP contribution in [-0.4, -0.2) is 34.7 Å². The Hall–Kier alpha value is -1.36. The number of carboxylic acids is 1. The lowest BCUT2D eigenvalue weighted by atomic mass is 10.1. The minimum absolute atomic E-state index is 0.0432. The Kier molecular flexibility index (Phi) is 4.98. The van der Waals surface area contributed by atoms with Gasteiger partial charge in [0, 0.05) is 19.4 Å². The van der Waals surface area contributed by atoms with Crippen molar-refractivity contribution in [2.75, 3.05) is 6.54 Å². The van der Waals surface area contributed by atoms with Crippen molar-refractivity contribution in [2.24, 2.45) is 5.92 Å². The largest absolute Gasteiger partial charge is 0.479 e. The Morgan fingerprint density at radius 2 is 2.25 bits per heavy atom. The molecule has 0 aromatic rings. The van der Waals surface area contributed by atoms with Gasteiger partial charge in [0.05, 0.1) is 0 Å². The highest BCUT2D eigenvalue weighted by Gasteiger charge is 2.15. The number of aliphatic hydroxyl groups excluding tert-OH is 1. The second-order valence-corrected chi connectivity index (χ2v) is 3.96. The predicted molar refractivity (Wildman–Crippen MR) is 57.8 cm³/mol. The van der Waals surface area contributed by atoms with Gasteiger partial charge in [-0.15, -0.1) is 0 Å². The molecular weight excluding hydrogens is 210 g/mol. The van der Waals surface area contributed by atoms with E-state index < -0.39 is 12.1 Å². The first kappa shape index (κ1) is 12.7. The fourth-order valence-corrected chi connectivity index (χ4v) is 1.65. The van der Waals surface area contributed by atoms with Crippen LogP contribution >= 0.6 is 0 Å². The molecule has 5 heteroatoms. The molecule has 2 atom stereocenters. The van der Waals surface area contributed by atoms with Crippen LogP contribution in [0.2, 0.25) is 0 Å². The van der Waals surface area contributed by atoms with Gasteiger partial charge in [0.1, 0.15) is 0 Å². The molecular formula is C11H17NO4. The van der Waals surface area contributed by atoms with E-state index >= 15 is 0 Å². The summed E-state index contributed by atoms with van der Waals surface area (Å²) in [6.45, 7) is 0.197. The number of allylic oxidation sites excluding steroid dienone is 2. The fourth-order valence-electron chi connectivity index (χ4n) is 1.65. The maximum Gasteiger partial charge on any atom is 0.332 e. The number of amides is 1. The summed E-state index contributed by atoms with van der Waals surface area (Å²) < 4.78 is 0. The quantitative estimate of drug-likeness (QED) is 0.569. The summed E-state index contributed by atoms with van der Waals surface area (Å²) >= 11 is 0. The number of hydrogen-bond acceptors (Lipinski definition) is 3. The van der Waals surface area contributed by atoms with Gasteiger partial charge in [-0.05, 0) is 18.8 Å². The van der Waals surface area contributed by atoms with Crippen molar-refractivity contribution in [1.82, 2.24) is 5.32 Å². The van der Waals surface area contributed by atoms with Gasteiger partial charge < -0.3 is 15.5 Å². The standard InChI is InChI=1S/C11H17NO4/c13-9(11(15)16)5-6-12-10(14)7-8-3-1-2-4-8/h1,3,8-9,13H,2,4-7H2,(H,12,14)(H,15,16)/t8?,9-/m0/s1. The monoisotopic (exact) mass is 227 g/mol. The molecule has 0 spiro atoms. The van der Waals surface area contributed by atoms with Crippen molar-refractivity contribution in [3.05, 3.63) is 12.2 Å². The summed E-state index contributed by atoms with van der Waals surface area (Å²) in [5, 5.41) is 20.0. The molecule has 0 heterocycles. The van der Waals surface area contributed by atoms with E-state index in [9.17, 15) is 9.59 Å². The van der Waals surface area contributed by atoms with Gasteiger partial charge in [-0.2, -0.15) is 0 Å². The first-order chi connectivity index (χ1) is 7.59. The summed E-state index contributed by atoms with van der Waals surface area (Å²) in [6, 6.07) is 0. The molecule has 1 aliphatic carbocycles. The smallest absolute Gasteiger partial charge is 0.332 e. The third-order valence-electron chi connectivity index (χ3n) is 2.58. The number of carbonyl (C=O) groups is 2. The van der Waals surface area contributed by atoms with Crippen LogP contribution in [0.4, 0.5) is 0 Å². The molecule has 0 radical (unpaired) electrons. The normalized spacial score (nSPS) is 20.7. The zero-order chi connectivity index (χ0) is 12.0. The molecule has 0 aliphatic heterocycles. The van der Waals surface area contributed by atoms with E-state index in [1.165, 1.54) is 0 Å². The fraction of sp³-hybridized carbons (Fsp3) is 0.636. The van der Waals surface area contributed by atoms with E-state index in [0.29, 0.717) is 12.3 Å². The molecule has 5 nitrogen and oxygen atoms in total. The first-order valence-corrected chi connectivity index (χ1v) is 5.44. The van der Waals surface area contributed by atoms with Crippen LogP contribution < -0.4 is 5.32 Å². The number of aliphatic carboxylic acids is 1. The Morgan fingerprint density at radius 3 is 2.81 bits per heavy atom. The van der Waals surface area contributed by atoms with Crippen molar-refractivity contribution in [3.63, 3.8) is 0 Å². The van der Waals surface area contributed by atoms with Gasteiger partial charge >= 0.3 is 5.97 Å². The van der Waals surface area contributed by atoms with E-state index in [-0.39, 0.29) is 18.9 Å². The summed E-state index contributed by atoms with van der Waals surface area (Å²) in [7, 11) is 0. The van der Waals surface area contributed by atoms with Crippen LogP contribution in [-0.2, 0) is 9.59 Å². The van der Waals surface area contributed by atoms with Crippen LogP contribution in [0.15, 0.2) is 12.2 Å². The molecule has 0 bridgehead atoms. The zero-order valence-corrected chi connectivity index (χ0v) is 9.06. The van der Waals surface area contributed by atoms with E-state index in [4.69, 9.17) is 10.2 Å². The van der Waals surface area contributed by atoms with Gasteiger partial charge in [-0.1, -0.05) is 12.2 Å². The molecule has 3 N–H and O–H groups in total. The van der Waals surface area contributed by atoms with E-state index in [1.54, 1.807) is 0 Å². The van der Waals surface area contributed by atoms with Crippen molar-refractivity contribution in [2.45, 2.75) is 31.8 Å². The maximum absolute atomic E-state index is 11.4. The van der Waals surface area contributed by atoms with Gasteiger partial charge in [0.2, 0.25) is 5.91 Å². The lowest BCUT2D eigenvalue weighted by Gasteiger charge is -2.09. The SMILES string of the molecule is O=C(CC1C=CCC1)NCC[C@H](O)C(=O)O. The molecule has 0 fully saturated rings. The molecule has 0 saturated heterocycles. The molecule has 16 heavy (non-hydrogen) atoms.